The first kappa shape index (κ1) is 21.6. The molecule has 1 amide bonds. The molecule has 0 fully saturated rings. The molecule has 0 aliphatic rings. The van der Waals surface area contributed by atoms with Gasteiger partial charge in [0, 0.05) is 30.7 Å². The molecule has 2 aromatic carbocycles. The van der Waals surface area contributed by atoms with E-state index in [4.69, 9.17) is 0 Å². The van der Waals surface area contributed by atoms with E-state index in [9.17, 15) is 13.2 Å². The molecule has 27 heavy (non-hydrogen) atoms. The quantitative estimate of drug-likeness (QED) is 0.685. The zero-order valence-electron chi connectivity index (χ0n) is 16.0. The number of aryl methyl sites for hydroxylation is 3. The van der Waals surface area contributed by atoms with E-state index in [2.05, 4.69) is 28.2 Å². The van der Waals surface area contributed by atoms with Gasteiger partial charge in [0.25, 0.3) is 0 Å². The molecule has 0 atom stereocenters. The molecule has 0 unspecified atom stereocenters. The largest absolute Gasteiger partial charge is 0.326 e. The van der Waals surface area contributed by atoms with Crippen LogP contribution < -0.4 is 5.32 Å². The number of rotatable bonds is 7. The van der Waals surface area contributed by atoms with Crippen LogP contribution in [0.1, 0.15) is 30.0 Å². The van der Waals surface area contributed by atoms with E-state index >= 15 is 0 Å². The lowest BCUT2D eigenvalue weighted by Gasteiger charge is -2.14. The van der Waals surface area contributed by atoms with Crippen LogP contribution in [0.25, 0.3) is 0 Å². The number of anilines is 1. The Morgan fingerprint density at radius 3 is 2.33 bits per heavy atom. The number of hydrogen-bond donors (Lipinski definition) is 1. The van der Waals surface area contributed by atoms with Gasteiger partial charge in [-0.25, -0.2) is 12.7 Å². The first-order valence-corrected chi connectivity index (χ1v) is 11.0. The summed E-state index contributed by atoms with van der Waals surface area (Å²) in [5.74, 6) is -0.0555. The van der Waals surface area contributed by atoms with Crippen molar-refractivity contribution in [2.45, 2.75) is 38.0 Å². The van der Waals surface area contributed by atoms with Crippen LogP contribution in [0.5, 0.6) is 0 Å². The lowest BCUT2D eigenvalue weighted by molar-refractivity contribution is -0.116. The van der Waals surface area contributed by atoms with Gasteiger partial charge < -0.3 is 5.32 Å². The average molecular weight is 453 g/mol. The van der Waals surface area contributed by atoms with Crippen LogP contribution in [0.3, 0.4) is 0 Å². The number of nitrogens with zero attached hydrogens (tertiary/aromatic N) is 1. The smallest absolute Gasteiger partial charge is 0.242 e. The molecule has 0 aliphatic carbocycles. The Kier molecular flexibility index (Phi) is 7.19. The van der Waals surface area contributed by atoms with E-state index in [1.165, 1.54) is 18.4 Å². The number of sulfonamides is 1. The van der Waals surface area contributed by atoms with Crippen molar-refractivity contribution in [2.75, 3.05) is 19.4 Å². The van der Waals surface area contributed by atoms with E-state index in [0.717, 1.165) is 33.3 Å². The molecule has 0 bridgehead atoms. The fraction of sp³-hybridized carbons (Fsp3) is 0.350. The summed E-state index contributed by atoms with van der Waals surface area (Å²) in [6.45, 7) is 4.03. The molecular weight excluding hydrogens is 428 g/mol. The fourth-order valence-electron chi connectivity index (χ4n) is 2.77. The van der Waals surface area contributed by atoms with Crippen LogP contribution in [0.15, 0.2) is 45.8 Å². The highest BCUT2D eigenvalue weighted by atomic mass is 79.9. The standard InChI is InChI=1S/C20H25BrN2O3S/c1-5-16-13-17(21)12-14(2)20(16)22-19(24)11-8-15-6-9-18(10-7-15)27(25,26)23(3)4/h6-7,9-10,12-13H,5,8,11H2,1-4H3,(H,22,24). The monoisotopic (exact) mass is 452 g/mol. The number of amides is 1. The number of halogens is 1. The number of benzene rings is 2. The SMILES string of the molecule is CCc1cc(Br)cc(C)c1NC(=O)CCc1ccc(S(=O)(=O)N(C)C)cc1. The topological polar surface area (TPSA) is 66.5 Å². The van der Waals surface area contributed by atoms with Gasteiger partial charge in [-0.3, -0.25) is 4.79 Å². The van der Waals surface area contributed by atoms with Gasteiger partial charge in [-0.05, 0) is 60.7 Å². The molecule has 0 saturated heterocycles. The number of hydrogen-bond acceptors (Lipinski definition) is 3. The predicted molar refractivity (Wildman–Crippen MR) is 113 cm³/mol. The maximum absolute atomic E-state index is 12.4. The van der Waals surface area contributed by atoms with Gasteiger partial charge in [0.05, 0.1) is 4.90 Å². The fourth-order valence-corrected chi connectivity index (χ4v) is 4.29. The summed E-state index contributed by atoms with van der Waals surface area (Å²) in [6, 6.07) is 10.7. The molecular formula is C20H25BrN2O3S. The zero-order valence-corrected chi connectivity index (χ0v) is 18.4. The van der Waals surface area contributed by atoms with E-state index in [1.807, 2.05) is 19.1 Å². The molecule has 0 aliphatic heterocycles. The summed E-state index contributed by atoms with van der Waals surface area (Å²) in [5, 5.41) is 3.02. The van der Waals surface area contributed by atoms with Gasteiger partial charge in [0.2, 0.25) is 15.9 Å². The van der Waals surface area contributed by atoms with Crippen molar-refractivity contribution in [2.24, 2.45) is 0 Å². The van der Waals surface area contributed by atoms with Crippen LogP contribution in [-0.4, -0.2) is 32.7 Å². The van der Waals surface area contributed by atoms with Crippen LogP contribution >= 0.6 is 15.9 Å². The Morgan fingerprint density at radius 1 is 1.15 bits per heavy atom. The van der Waals surface area contributed by atoms with Gasteiger partial charge in [0.15, 0.2) is 0 Å². The van der Waals surface area contributed by atoms with Crippen LogP contribution in [0.2, 0.25) is 0 Å². The Bertz CT molecular complexity index is 923. The molecule has 0 saturated carbocycles. The summed E-state index contributed by atoms with van der Waals surface area (Å²) in [4.78, 5) is 12.6. The number of nitrogens with one attached hydrogen (secondary N) is 1. The minimum absolute atomic E-state index is 0.0555. The summed E-state index contributed by atoms with van der Waals surface area (Å²) in [5.41, 5.74) is 3.91. The predicted octanol–water partition coefficient (Wildman–Crippen LogP) is 4.14. The van der Waals surface area contributed by atoms with Crippen LogP contribution in [-0.2, 0) is 27.7 Å². The number of carbonyl (C=O) groups is 1. The van der Waals surface area contributed by atoms with Crippen molar-refractivity contribution in [1.29, 1.82) is 0 Å². The molecule has 2 aromatic rings. The second kappa shape index (κ2) is 8.99. The van der Waals surface area contributed by atoms with Crippen molar-refractivity contribution >= 4 is 37.5 Å². The maximum Gasteiger partial charge on any atom is 0.242 e. The van der Waals surface area contributed by atoms with Crippen molar-refractivity contribution in [3.05, 3.63) is 57.6 Å². The van der Waals surface area contributed by atoms with E-state index in [-0.39, 0.29) is 10.8 Å². The van der Waals surface area contributed by atoms with Crippen molar-refractivity contribution in [3.63, 3.8) is 0 Å². The van der Waals surface area contributed by atoms with E-state index < -0.39 is 10.0 Å². The zero-order chi connectivity index (χ0) is 20.2. The molecule has 0 radical (unpaired) electrons. The Balaban J connectivity index is 2.03. The third-order valence-corrected chi connectivity index (χ3v) is 6.66. The van der Waals surface area contributed by atoms with Gasteiger partial charge in [0.1, 0.15) is 0 Å². The third kappa shape index (κ3) is 5.40. The van der Waals surface area contributed by atoms with Crippen LogP contribution in [0.4, 0.5) is 5.69 Å². The minimum atomic E-state index is -3.43. The normalized spacial score (nSPS) is 11.6. The van der Waals surface area contributed by atoms with Gasteiger partial charge >= 0.3 is 0 Å². The first-order chi connectivity index (χ1) is 12.6. The summed E-state index contributed by atoms with van der Waals surface area (Å²) < 4.78 is 26.4. The first-order valence-electron chi connectivity index (χ1n) is 8.75. The highest BCUT2D eigenvalue weighted by Crippen LogP contribution is 2.26. The van der Waals surface area contributed by atoms with Crippen molar-refractivity contribution in [1.82, 2.24) is 4.31 Å². The lowest BCUT2D eigenvalue weighted by atomic mass is 10.1. The Hall–Kier alpha value is -1.70. The Labute approximate surface area is 170 Å². The maximum atomic E-state index is 12.4. The molecule has 2 rings (SSSR count). The van der Waals surface area contributed by atoms with E-state index in [1.54, 1.807) is 24.3 Å². The van der Waals surface area contributed by atoms with Gasteiger partial charge in [-0.15, -0.1) is 0 Å². The molecule has 0 aromatic heterocycles. The van der Waals surface area contributed by atoms with Crippen molar-refractivity contribution in [3.8, 4) is 0 Å². The molecule has 0 heterocycles. The molecule has 1 N–H and O–H groups in total. The Morgan fingerprint density at radius 2 is 1.78 bits per heavy atom. The summed E-state index contributed by atoms with van der Waals surface area (Å²) >= 11 is 3.49. The minimum Gasteiger partial charge on any atom is -0.326 e. The average Bonchev–Trinajstić information content (AvgIpc) is 2.62. The third-order valence-electron chi connectivity index (χ3n) is 4.37. The molecule has 146 valence electrons. The molecule has 5 nitrogen and oxygen atoms in total. The van der Waals surface area contributed by atoms with E-state index in [0.29, 0.717) is 12.8 Å². The highest BCUT2D eigenvalue weighted by molar-refractivity contribution is 9.10. The van der Waals surface area contributed by atoms with Crippen molar-refractivity contribution < 1.29 is 13.2 Å². The molecule has 0 spiro atoms. The lowest BCUT2D eigenvalue weighted by Crippen LogP contribution is -2.22. The molecule has 7 heteroatoms. The highest BCUT2D eigenvalue weighted by Gasteiger charge is 2.16. The summed E-state index contributed by atoms with van der Waals surface area (Å²) in [7, 11) is -0.427. The summed E-state index contributed by atoms with van der Waals surface area (Å²) in [6.07, 6.45) is 1.71. The van der Waals surface area contributed by atoms with Crippen LogP contribution in [0, 0.1) is 6.92 Å². The second-order valence-corrected chi connectivity index (χ2v) is 9.66. The second-order valence-electron chi connectivity index (χ2n) is 6.59. The van der Waals surface area contributed by atoms with Gasteiger partial charge in [-0.1, -0.05) is 35.0 Å². The number of carbonyl (C=O) groups excluding carboxylic acids is 1. The van der Waals surface area contributed by atoms with Gasteiger partial charge in [-0.2, -0.15) is 0 Å².